The van der Waals surface area contributed by atoms with Gasteiger partial charge in [-0.25, -0.2) is 4.98 Å². The Hall–Kier alpha value is -0.490. The predicted octanol–water partition coefficient (Wildman–Crippen LogP) is 1.86. The maximum absolute atomic E-state index is 6.07. The summed E-state index contributed by atoms with van der Waals surface area (Å²) < 4.78 is 5.77. The molecule has 0 aliphatic carbocycles. The molecule has 0 spiro atoms. The number of nitrogens with zero attached hydrogens (tertiary/aromatic N) is 2. The smallest absolute Gasteiger partial charge is 0.0795 e. The fourth-order valence-electron chi connectivity index (χ4n) is 2.68. The summed E-state index contributed by atoms with van der Waals surface area (Å²) in [7, 11) is 2.16. The normalized spacial score (nSPS) is 28.8. The fourth-order valence-corrected chi connectivity index (χ4v) is 3.23. The van der Waals surface area contributed by atoms with Crippen molar-refractivity contribution in [2.45, 2.75) is 44.4 Å². The van der Waals surface area contributed by atoms with E-state index in [1.54, 1.807) is 11.3 Å². The molecule has 2 unspecified atom stereocenters. The van der Waals surface area contributed by atoms with E-state index in [0.29, 0.717) is 12.6 Å². The molecule has 5 heteroatoms. The minimum absolute atomic E-state index is 0.0720. The molecule has 2 atom stereocenters. The molecule has 18 heavy (non-hydrogen) atoms. The van der Waals surface area contributed by atoms with E-state index in [1.165, 1.54) is 0 Å². The van der Waals surface area contributed by atoms with Crippen molar-refractivity contribution >= 4 is 11.3 Å². The zero-order chi connectivity index (χ0) is 13.0. The molecule has 0 saturated carbocycles. The van der Waals surface area contributed by atoms with Crippen molar-refractivity contribution in [3.05, 3.63) is 16.6 Å². The highest BCUT2D eigenvalue weighted by atomic mass is 32.1. The van der Waals surface area contributed by atoms with Gasteiger partial charge in [-0.3, -0.25) is 4.90 Å². The predicted molar refractivity (Wildman–Crippen MR) is 74.6 cm³/mol. The molecule has 2 rings (SSSR count). The number of hydrogen-bond donors (Lipinski definition) is 1. The molecular weight excluding hydrogens is 246 g/mol. The Morgan fingerprint density at radius 2 is 2.50 bits per heavy atom. The quantitative estimate of drug-likeness (QED) is 0.886. The van der Waals surface area contributed by atoms with Crippen LogP contribution >= 0.6 is 11.3 Å². The Kier molecular flexibility index (Phi) is 4.72. The zero-order valence-electron chi connectivity index (χ0n) is 11.3. The molecule has 0 amide bonds. The first kappa shape index (κ1) is 13.9. The van der Waals surface area contributed by atoms with E-state index in [2.05, 4.69) is 29.2 Å². The number of nitrogens with two attached hydrogens (primary N) is 1. The Morgan fingerprint density at radius 1 is 1.67 bits per heavy atom. The molecule has 1 fully saturated rings. The largest absolute Gasteiger partial charge is 0.378 e. The molecule has 2 N–H and O–H groups in total. The van der Waals surface area contributed by atoms with E-state index in [9.17, 15) is 0 Å². The van der Waals surface area contributed by atoms with Gasteiger partial charge in [0.2, 0.25) is 0 Å². The standard InChI is InChI=1S/C13H23N3OS/c1-3-12-6-13(9-14,4-5-17-12)16(2)7-11-8-18-10-15-11/h8,10,12H,3-7,9,14H2,1-2H3. The van der Waals surface area contributed by atoms with E-state index in [4.69, 9.17) is 10.5 Å². The van der Waals surface area contributed by atoms with Crippen LogP contribution in [-0.2, 0) is 11.3 Å². The molecule has 1 saturated heterocycles. The molecule has 4 nitrogen and oxygen atoms in total. The van der Waals surface area contributed by atoms with Gasteiger partial charge in [-0.15, -0.1) is 11.3 Å². The number of likely N-dealkylation sites (N-methyl/N-ethyl adjacent to an activating group) is 1. The van der Waals surface area contributed by atoms with Crippen molar-refractivity contribution in [3.63, 3.8) is 0 Å². The minimum Gasteiger partial charge on any atom is -0.378 e. The summed E-state index contributed by atoms with van der Waals surface area (Å²) >= 11 is 1.65. The van der Waals surface area contributed by atoms with Gasteiger partial charge in [-0.1, -0.05) is 6.92 Å². The lowest BCUT2D eigenvalue weighted by Crippen LogP contribution is -2.56. The number of thiazole rings is 1. The van der Waals surface area contributed by atoms with Crippen LogP contribution in [0.5, 0.6) is 0 Å². The molecule has 0 aromatic carbocycles. The van der Waals surface area contributed by atoms with Crippen LogP contribution in [0.3, 0.4) is 0 Å². The van der Waals surface area contributed by atoms with Crippen molar-refractivity contribution in [1.29, 1.82) is 0 Å². The van der Waals surface area contributed by atoms with Gasteiger partial charge in [0.05, 0.1) is 17.3 Å². The molecule has 1 aromatic rings. The first-order valence-corrected chi connectivity index (χ1v) is 7.54. The zero-order valence-corrected chi connectivity index (χ0v) is 12.1. The van der Waals surface area contributed by atoms with Gasteiger partial charge in [0, 0.05) is 30.6 Å². The van der Waals surface area contributed by atoms with Crippen molar-refractivity contribution in [2.24, 2.45) is 5.73 Å². The Bertz CT molecular complexity index is 357. The summed E-state index contributed by atoms with van der Waals surface area (Å²) in [5.41, 5.74) is 9.16. The summed E-state index contributed by atoms with van der Waals surface area (Å²) in [6.07, 6.45) is 3.45. The Morgan fingerprint density at radius 3 is 3.11 bits per heavy atom. The van der Waals surface area contributed by atoms with Crippen LogP contribution in [0.15, 0.2) is 10.9 Å². The number of hydrogen-bond acceptors (Lipinski definition) is 5. The van der Waals surface area contributed by atoms with Crippen molar-refractivity contribution in [3.8, 4) is 0 Å². The van der Waals surface area contributed by atoms with Crippen LogP contribution in [0.4, 0.5) is 0 Å². The lowest BCUT2D eigenvalue weighted by Gasteiger charge is -2.46. The third kappa shape index (κ3) is 2.91. The van der Waals surface area contributed by atoms with Crippen LogP contribution in [0.25, 0.3) is 0 Å². The molecule has 0 bridgehead atoms. The highest BCUT2D eigenvalue weighted by molar-refractivity contribution is 7.07. The third-order valence-corrected chi connectivity index (χ3v) is 4.69. The van der Waals surface area contributed by atoms with E-state index < -0.39 is 0 Å². The number of ether oxygens (including phenoxy) is 1. The van der Waals surface area contributed by atoms with Gasteiger partial charge < -0.3 is 10.5 Å². The SMILES string of the molecule is CCC1CC(CN)(N(C)Cc2cscn2)CCO1. The van der Waals surface area contributed by atoms with Gasteiger partial charge in [-0.05, 0) is 26.3 Å². The average Bonchev–Trinajstić information content (AvgIpc) is 2.91. The highest BCUT2D eigenvalue weighted by Crippen LogP contribution is 2.31. The molecule has 1 aliphatic heterocycles. The van der Waals surface area contributed by atoms with Crippen molar-refractivity contribution < 1.29 is 4.74 Å². The van der Waals surface area contributed by atoms with Gasteiger partial charge in [0.15, 0.2) is 0 Å². The second-order valence-electron chi connectivity index (χ2n) is 5.12. The summed E-state index contributed by atoms with van der Waals surface area (Å²) in [5, 5.41) is 2.11. The van der Waals surface area contributed by atoms with Gasteiger partial charge in [0.1, 0.15) is 0 Å². The first-order valence-electron chi connectivity index (χ1n) is 6.60. The van der Waals surface area contributed by atoms with Crippen LogP contribution in [-0.4, -0.2) is 41.7 Å². The average molecular weight is 269 g/mol. The van der Waals surface area contributed by atoms with E-state index in [1.807, 2.05) is 5.51 Å². The van der Waals surface area contributed by atoms with Crippen molar-refractivity contribution in [1.82, 2.24) is 9.88 Å². The monoisotopic (exact) mass is 269 g/mol. The molecule has 2 heterocycles. The van der Waals surface area contributed by atoms with Crippen LogP contribution < -0.4 is 5.73 Å². The lowest BCUT2D eigenvalue weighted by molar-refractivity contribution is -0.0674. The van der Waals surface area contributed by atoms with E-state index in [-0.39, 0.29) is 5.54 Å². The molecule has 1 aliphatic rings. The second-order valence-corrected chi connectivity index (χ2v) is 5.84. The van der Waals surface area contributed by atoms with E-state index in [0.717, 1.165) is 38.1 Å². The maximum atomic E-state index is 6.07. The topological polar surface area (TPSA) is 51.4 Å². The van der Waals surface area contributed by atoms with Gasteiger partial charge in [-0.2, -0.15) is 0 Å². The third-order valence-electron chi connectivity index (χ3n) is 4.06. The summed E-state index contributed by atoms with van der Waals surface area (Å²) in [4.78, 5) is 6.73. The summed E-state index contributed by atoms with van der Waals surface area (Å²) in [5.74, 6) is 0. The van der Waals surface area contributed by atoms with Crippen LogP contribution in [0, 0.1) is 0 Å². The molecule has 102 valence electrons. The number of rotatable bonds is 5. The lowest BCUT2D eigenvalue weighted by atomic mass is 9.84. The molecular formula is C13H23N3OS. The van der Waals surface area contributed by atoms with Crippen LogP contribution in [0.2, 0.25) is 0 Å². The van der Waals surface area contributed by atoms with Crippen molar-refractivity contribution in [2.75, 3.05) is 20.2 Å². The fraction of sp³-hybridized carbons (Fsp3) is 0.769. The Labute approximate surface area is 113 Å². The Balaban J connectivity index is 2.05. The summed E-state index contributed by atoms with van der Waals surface area (Å²) in [6, 6.07) is 0. The van der Waals surface area contributed by atoms with Crippen LogP contribution in [0.1, 0.15) is 31.9 Å². The maximum Gasteiger partial charge on any atom is 0.0795 e. The summed E-state index contributed by atoms with van der Waals surface area (Å²) in [6.45, 7) is 4.55. The first-order chi connectivity index (χ1) is 8.70. The van der Waals surface area contributed by atoms with Gasteiger partial charge >= 0.3 is 0 Å². The second kappa shape index (κ2) is 6.10. The molecule has 0 radical (unpaired) electrons. The molecule has 1 aromatic heterocycles. The highest BCUT2D eigenvalue weighted by Gasteiger charge is 2.38. The van der Waals surface area contributed by atoms with E-state index >= 15 is 0 Å². The number of aromatic nitrogens is 1. The minimum atomic E-state index is 0.0720. The van der Waals surface area contributed by atoms with Gasteiger partial charge in [0.25, 0.3) is 0 Å².